The van der Waals surface area contributed by atoms with E-state index in [9.17, 15) is 0 Å². The first kappa shape index (κ1) is 18.2. The van der Waals surface area contributed by atoms with Crippen LogP contribution in [0.15, 0.2) is 37.0 Å². The summed E-state index contributed by atoms with van der Waals surface area (Å²) in [6.07, 6.45) is 27.0. The van der Waals surface area contributed by atoms with Crippen LogP contribution in [-0.2, 0) is 0 Å². The number of unbranched alkanes of at least 4 members (excludes halogenated alkanes) is 9. The zero-order chi connectivity index (χ0) is 14.0. The maximum absolute atomic E-state index is 3.73. The average molecular weight is 262 g/mol. The summed E-state index contributed by atoms with van der Waals surface area (Å²) in [5, 5.41) is 0. The molecule has 0 rings (SSSR count). The molecule has 0 spiro atoms. The molecular weight excluding hydrogens is 228 g/mol. The third kappa shape index (κ3) is 17.2. The van der Waals surface area contributed by atoms with Gasteiger partial charge in [-0.15, -0.1) is 6.58 Å². The molecular formula is C19H34. The van der Waals surface area contributed by atoms with Crippen molar-refractivity contribution in [1.82, 2.24) is 0 Å². The molecule has 19 heavy (non-hydrogen) atoms. The second-order valence-corrected chi connectivity index (χ2v) is 5.30. The Balaban J connectivity index is 3.08. The smallest absolute Gasteiger partial charge is 0.0316 e. The van der Waals surface area contributed by atoms with Crippen molar-refractivity contribution in [2.75, 3.05) is 0 Å². The highest BCUT2D eigenvalue weighted by Gasteiger charge is 1.89. The second-order valence-electron chi connectivity index (χ2n) is 5.30. The van der Waals surface area contributed by atoms with Crippen LogP contribution in [0.2, 0.25) is 0 Å². The first-order chi connectivity index (χ1) is 9.41. The van der Waals surface area contributed by atoms with Gasteiger partial charge in [-0.05, 0) is 44.9 Å². The highest BCUT2D eigenvalue weighted by molar-refractivity contribution is 4.84. The number of rotatable bonds is 14. The van der Waals surface area contributed by atoms with Gasteiger partial charge in [0.05, 0.1) is 0 Å². The van der Waals surface area contributed by atoms with E-state index in [1.807, 2.05) is 6.08 Å². The summed E-state index contributed by atoms with van der Waals surface area (Å²) >= 11 is 0. The topological polar surface area (TPSA) is 0 Å². The van der Waals surface area contributed by atoms with E-state index in [0.29, 0.717) is 0 Å². The Bertz CT molecular complexity index is 222. The molecule has 0 nitrogen and oxygen atoms in total. The summed E-state index contributed by atoms with van der Waals surface area (Å²) in [7, 11) is 0. The Labute approximate surface area is 121 Å². The molecule has 0 aromatic rings. The minimum absolute atomic E-state index is 1.11. The lowest BCUT2D eigenvalue weighted by Crippen LogP contribution is -1.78. The highest BCUT2D eigenvalue weighted by Crippen LogP contribution is 2.08. The molecule has 0 aliphatic carbocycles. The van der Waals surface area contributed by atoms with E-state index < -0.39 is 0 Å². The normalized spacial score (nSPS) is 11.6. The molecule has 0 atom stereocenters. The van der Waals surface area contributed by atoms with Crippen LogP contribution < -0.4 is 0 Å². The molecule has 0 saturated heterocycles. The van der Waals surface area contributed by atoms with Crippen LogP contribution in [0.1, 0.15) is 84.0 Å². The molecule has 0 radical (unpaired) electrons. The van der Waals surface area contributed by atoms with Gasteiger partial charge in [0.2, 0.25) is 0 Å². The molecule has 0 fully saturated rings. The highest BCUT2D eigenvalue weighted by atomic mass is 13.9. The SMILES string of the molecule is C=CCCC=CCCCCCCCC=CCCCC. The van der Waals surface area contributed by atoms with Crippen LogP contribution in [0.3, 0.4) is 0 Å². The van der Waals surface area contributed by atoms with Gasteiger partial charge in [0.15, 0.2) is 0 Å². The van der Waals surface area contributed by atoms with Crippen LogP contribution >= 0.6 is 0 Å². The Hall–Kier alpha value is -0.780. The summed E-state index contributed by atoms with van der Waals surface area (Å²) in [5.41, 5.74) is 0. The fourth-order valence-corrected chi connectivity index (χ4v) is 2.06. The van der Waals surface area contributed by atoms with Gasteiger partial charge in [0.1, 0.15) is 0 Å². The molecule has 0 unspecified atom stereocenters. The molecule has 0 saturated carbocycles. The zero-order valence-corrected chi connectivity index (χ0v) is 13.1. The maximum Gasteiger partial charge on any atom is -0.0316 e. The van der Waals surface area contributed by atoms with E-state index in [0.717, 1.165) is 12.8 Å². The van der Waals surface area contributed by atoms with Crippen molar-refractivity contribution in [2.24, 2.45) is 0 Å². The zero-order valence-electron chi connectivity index (χ0n) is 13.1. The molecule has 0 aliphatic rings. The van der Waals surface area contributed by atoms with E-state index in [4.69, 9.17) is 0 Å². The molecule has 0 aromatic carbocycles. The van der Waals surface area contributed by atoms with Gasteiger partial charge in [0, 0.05) is 0 Å². The lowest BCUT2D eigenvalue weighted by Gasteiger charge is -1.98. The quantitative estimate of drug-likeness (QED) is 0.234. The molecule has 0 amide bonds. The second kappa shape index (κ2) is 17.2. The Morgan fingerprint density at radius 3 is 1.58 bits per heavy atom. The van der Waals surface area contributed by atoms with Gasteiger partial charge >= 0.3 is 0 Å². The van der Waals surface area contributed by atoms with Gasteiger partial charge in [-0.25, -0.2) is 0 Å². The van der Waals surface area contributed by atoms with E-state index in [1.165, 1.54) is 64.2 Å². The molecule has 0 heteroatoms. The number of hydrogen-bond donors (Lipinski definition) is 0. The summed E-state index contributed by atoms with van der Waals surface area (Å²) < 4.78 is 0. The van der Waals surface area contributed by atoms with Crippen molar-refractivity contribution in [3.8, 4) is 0 Å². The monoisotopic (exact) mass is 262 g/mol. The lowest BCUT2D eigenvalue weighted by atomic mass is 10.1. The molecule has 0 N–H and O–H groups in total. The van der Waals surface area contributed by atoms with Crippen LogP contribution in [0, 0.1) is 0 Å². The molecule has 0 aromatic heterocycles. The summed E-state index contributed by atoms with van der Waals surface area (Å²) in [6.45, 7) is 5.98. The summed E-state index contributed by atoms with van der Waals surface area (Å²) in [5.74, 6) is 0. The fraction of sp³-hybridized carbons (Fsp3) is 0.684. The van der Waals surface area contributed by atoms with Crippen molar-refractivity contribution < 1.29 is 0 Å². The van der Waals surface area contributed by atoms with E-state index in [2.05, 4.69) is 37.8 Å². The first-order valence-corrected chi connectivity index (χ1v) is 8.32. The van der Waals surface area contributed by atoms with Crippen molar-refractivity contribution in [1.29, 1.82) is 0 Å². The molecule has 0 aliphatic heterocycles. The van der Waals surface area contributed by atoms with Crippen molar-refractivity contribution >= 4 is 0 Å². The minimum Gasteiger partial charge on any atom is -0.103 e. The van der Waals surface area contributed by atoms with Crippen LogP contribution in [0.4, 0.5) is 0 Å². The van der Waals surface area contributed by atoms with Gasteiger partial charge in [-0.3, -0.25) is 0 Å². The fourth-order valence-electron chi connectivity index (χ4n) is 2.06. The molecule has 0 bridgehead atoms. The predicted molar refractivity (Wildman–Crippen MR) is 89.6 cm³/mol. The summed E-state index contributed by atoms with van der Waals surface area (Å²) in [6, 6.07) is 0. The van der Waals surface area contributed by atoms with E-state index in [1.54, 1.807) is 0 Å². The largest absolute Gasteiger partial charge is 0.103 e. The van der Waals surface area contributed by atoms with Crippen LogP contribution in [0.25, 0.3) is 0 Å². The van der Waals surface area contributed by atoms with Crippen molar-refractivity contribution in [3.63, 3.8) is 0 Å². The average Bonchev–Trinajstić information content (AvgIpc) is 2.43. The molecule has 110 valence electrons. The number of hydrogen-bond acceptors (Lipinski definition) is 0. The van der Waals surface area contributed by atoms with Gasteiger partial charge in [0.25, 0.3) is 0 Å². The standard InChI is InChI=1S/C19H34/c1-3-5-7-9-11-13-15-17-19-18-16-14-12-10-8-6-4-2/h3,9-12H,1,4-8,13-19H2,2H3. The van der Waals surface area contributed by atoms with Crippen LogP contribution in [0.5, 0.6) is 0 Å². The Morgan fingerprint density at radius 2 is 1.05 bits per heavy atom. The van der Waals surface area contributed by atoms with Gasteiger partial charge in [-0.1, -0.05) is 69.4 Å². The maximum atomic E-state index is 3.73. The lowest BCUT2D eigenvalue weighted by molar-refractivity contribution is 0.621. The molecule has 0 heterocycles. The third-order valence-corrected chi connectivity index (χ3v) is 3.34. The van der Waals surface area contributed by atoms with Gasteiger partial charge in [-0.2, -0.15) is 0 Å². The minimum atomic E-state index is 1.11. The first-order valence-electron chi connectivity index (χ1n) is 8.32. The van der Waals surface area contributed by atoms with Crippen LogP contribution in [-0.4, -0.2) is 0 Å². The Kier molecular flexibility index (Phi) is 16.5. The summed E-state index contributed by atoms with van der Waals surface area (Å²) in [4.78, 5) is 0. The Morgan fingerprint density at radius 1 is 0.579 bits per heavy atom. The predicted octanol–water partition coefficient (Wildman–Crippen LogP) is 6.99. The van der Waals surface area contributed by atoms with E-state index in [-0.39, 0.29) is 0 Å². The number of allylic oxidation sites excluding steroid dienone is 5. The van der Waals surface area contributed by atoms with Crippen molar-refractivity contribution in [2.45, 2.75) is 84.0 Å². The van der Waals surface area contributed by atoms with E-state index >= 15 is 0 Å². The third-order valence-electron chi connectivity index (χ3n) is 3.34. The van der Waals surface area contributed by atoms with Gasteiger partial charge < -0.3 is 0 Å². The van der Waals surface area contributed by atoms with Crippen molar-refractivity contribution in [3.05, 3.63) is 37.0 Å².